The molecule has 0 saturated carbocycles. The van der Waals surface area contributed by atoms with Crippen molar-refractivity contribution in [3.05, 3.63) is 12.1 Å². The SMILES string of the molecule is C=CCl.[B]. The van der Waals surface area contributed by atoms with Gasteiger partial charge in [0.25, 0.3) is 0 Å². The highest BCUT2D eigenvalue weighted by molar-refractivity contribution is 6.25. The van der Waals surface area contributed by atoms with E-state index in [2.05, 4.69) is 6.58 Å². The van der Waals surface area contributed by atoms with E-state index in [1.54, 1.807) is 0 Å². The van der Waals surface area contributed by atoms with E-state index >= 15 is 0 Å². The van der Waals surface area contributed by atoms with Crippen molar-refractivity contribution < 1.29 is 0 Å². The molecule has 0 atom stereocenters. The van der Waals surface area contributed by atoms with Crippen LogP contribution in [0.15, 0.2) is 12.1 Å². The third-order valence-corrected chi connectivity index (χ3v) is 0. The van der Waals surface area contributed by atoms with Gasteiger partial charge in [-0.25, -0.2) is 0 Å². The molecular formula is C2H3BCl. The lowest BCUT2D eigenvalue weighted by Gasteiger charge is -1.27. The average molecular weight is 73.3 g/mol. The van der Waals surface area contributed by atoms with Crippen molar-refractivity contribution in [3.63, 3.8) is 0 Å². The molecule has 0 heterocycles. The Hall–Kier alpha value is 0.0949. The van der Waals surface area contributed by atoms with Crippen LogP contribution in [0.25, 0.3) is 0 Å². The minimum absolute atomic E-state index is 0. The van der Waals surface area contributed by atoms with Gasteiger partial charge in [0.15, 0.2) is 0 Å². The molecule has 3 radical (unpaired) electrons. The minimum atomic E-state index is 0. The highest BCUT2D eigenvalue weighted by Crippen LogP contribution is 1.60. The minimum Gasteiger partial charge on any atom is -0.0936 e. The third kappa shape index (κ3) is 279. The molecule has 0 aliphatic rings. The number of halogens is 1. The summed E-state index contributed by atoms with van der Waals surface area (Å²) in [6.07, 6.45) is 0. The zero-order valence-electron chi connectivity index (χ0n) is 2.24. The summed E-state index contributed by atoms with van der Waals surface area (Å²) in [5.74, 6) is 0. The van der Waals surface area contributed by atoms with Gasteiger partial charge in [-0.1, -0.05) is 18.2 Å². The Bertz CT molecular complexity index is 13.5. The second kappa shape index (κ2) is 11.3. The molecule has 0 N–H and O–H groups in total. The fraction of sp³-hybridized carbons (Fsp3) is 0. The lowest BCUT2D eigenvalue weighted by Crippen LogP contribution is -0.926. The summed E-state index contributed by atoms with van der Waals surface area (Å²) >= 11 is 4.76. The molecule has 0 unspecified atom stereocenters. The maximum Gasteiger partial charge on any atom is 0 e. The van der Waals surface area contributed by atoms with Crippen LogP contribution < -0.4 is 0 Å². The Balaban J connectivity index is 0. The smallest absolute Gasteiger partial charge is 0 e. The topological polar surface area (TPSA) is 0 Å². The van der Waals surface area contributed by atoms with Gasteiger partial charge in [0, 0.05) is 8.41 Å². The lowest BCUT2D eigenvalue weighted by atomic mass is 10.8. The fourth-order valence-corrected chi connectivity index (χ4v) is 0. The molecule has 0 aromatic rings. The van der Waals surface area contributed by atoms with Gasteiger partial charge in [0.2, 0.25) is 0 Å². The van der Waals surface area contributed by atoms with E-state index < -0.39 is 0 Å². The largest absolute Gasteiger partial charge is 0.0936 e. The second-order valence-electron chi connectivity index (χ2n) is 0.154. The van der Waals surface area contributed by atoms with Gasteiger partial charge in [0.05, 0.1) is 0 Å². The predicted octanol–water partition coefficient (Wildman–Crippen LogP) is 0.988. The summed E-state index contributed by atoms with van der Waals surface area (Å²) in [5, 5.41) is 0. The van der Waals surface area contributed by atoms with Gasteiger partial charge >= 0.3 is 0 Å². The monoisotopic (exact) mass is 73.0 g/mol. The number of hydrogen-bond donors (Lipinski definition) is 0. The highest BCUT2D eigenvalue weighted by atomic mass is 35.5. The van der Waals surface area contributed by atoms with Crippen molar-refractivity contribution in [2.75, 3.05) is 0 Å². The van der Waals surface area contributed by atoms with Crippen molar-refractivity contribution in [1.29, 1.82) is 0 Å². The molecule has 0 spiro atoms. The first-order chi connectivity index (χ1) is 1.41. The number of rotatable bonds is 0. The molecule has 0 saturated heterocycles. The first-order valence-electron chi connectivity index (χ1n) is 0.626. The van der Waals surface area contributed by atoms with Gasteiger partial charge in [0.1, 0.15) is 0 Å². The molecule has 0 amide bonds. The van der Waals surface area contributed by atoms with E-state index in [0.717, 1.165) is 0 Å². The van der Waals surface area contributed by atoms with Crippen LogP contribution >= 0.6 is 11.6 Å². The van der Waals surface area contributed by atoms with Crippen molar-refractivity contribution >= 4 is 20.0 Å². The summed E-state index contributed by atoms with van der Waals surface area (Å²) < 4.78 is 0. The molecule has 2 heteroatoms. The molecular weight excluding hydrogens is 70.3 g/mol. The van der Waals surface area contributed by atoms with E-state index in [1.165, 1.54) is 5.54 Å². The van der Waals surface area contributed by atoms with E-state index in [0.29, 0.717) is 0 Å². The van der Waals surface area contributed by atoms with Crippen LogP contribution in [0.3, 0.4) is 0 Å². The van der Waals surface area contributed by atoms with Crippen molar-refractivity contribution in [2.24, 2.45) is 0 Å². The van der Waals surface area contributed by atoms with Crippen LogP contribution in [0.1, 0.15) is 0 Å². The molecule has 0 nitrogen and oxygen atoms in total. The third-order valence-electron chi connectivity index (χ3n) is 0. The summed E-state index contributed by atoms with van der Waals surface area (Å²) in [6, 6.07) is 0. The molecule has 0 aliphatic carbocycles. The number of hydrogen-bond acceptors (Lipinski definition) is 0. The second-order valence-corrected chi connectivity index (χ2v) is 0.463. The van der Waals surface area contributed by atoms with Gasteiger partial charge in [-0.2, -0.15) is 0 Å². The Morgan fingerprint density at radius 1 is 1.75 bits per heavy atom. The van der Waals surface area contributed by atoms with E-state index in [4.69, 9.17) is 11.6 Å². The molecule has 0 aromatic carbocycles. The Labute approximate surface area is 33.0 Å². The van der Waals surface area contributed by atoms with Crippen LogP contribution in [-0.4, -0.2) is 8.41 Å². The van der Waals surface area contributed by atoms with E-state index in [1.807, 2.05) is 0 Å². The Morgan fingerprint density at radius 2 is 1.75 bits per heavy atom. The Kier molecular flexibility index (Phi) is 25.3. The van der Waals surface area contributed by atoms with Crippen molar-refractivity contribution in [3.8, 4) is 0 Å². The van der Waals surface area contributed by atoms with Gasteiger partial charge in [-0.3, -0.25) is 0 Å². The molecule has 0 aliphatic heterocycles. The van der Waals surface area contributed by atoms with Crippen LogP contribution in [0.5, 0.6) is 0 Å². The fourth-order valence-electron chi connectivity index (χ4n) is 0. The van der Waals surface area contributed by atoms with Gasteiger partial charge in [-0.15, -0.1) is 0 Å². The predicted molar refractivity (Wildman–Crippen MR) is 21.8 cm³/mol. The van der Waals surface area contributed by atoms with Crippen LogP contribution in [0, 0.1) is 0 Å². The summed E-state index contributed by atoms with van der Waals surface area (Å²) in [5.41, 5.74) is 1.22. The molecule has 0 fully saturated rings. The molecule has 4 heavy (non-hydrogen) atoms. The first kappa shape index (κ1) is 8.94. The summed E-state index contributed by atoms with van der Waals surface area (Å²) in [7, 11) is 0. The van der Waals surface area contributed by atoms with Gasteiger partial charge in [-0.05, 0) is 5.54 Å². The maximum absolute atomic E-state index is 4.76. The van der Waals surface area contributed by atoms with Crippen LogP contribution in [0.4, 0.5) is 0 Å². The van der Waals surface area contributed by atoms with E-state index in [9.17, 15) is 0 Å². The quantitative estimate of drug-likeness (QED) is 0.375. The Morgan fingerprint density at radius 3 is 1.75 bits per heavy atom. The lowest BCUT2D eigenvalue weighted by molar-refractivity contribution is 2.63. The summed E-state index contributed by atoms with van der Waals surface area (Å²) in [4.78, 5) is 0. The van der Waals surface area contributed by atoms with E-state index in [-0.39, 0.29) is 8.41 Å². The molecule has 0 aromatic heterocycles. The highest BCUT2D eigenvalue weighted by Gasteiger charge is 1.18. The zero-order valence-corrected chi connectivity index (χ0v) is 3.00. The maximum atomic E-state index is 4.76. The van der Waals surface area contributed by atoms with Gasteiger partial charge < -0.3 is 0 Å². The van der Waals surface area contributed by atoms with Crippen molar-refractivity contribution in [2.45, 2.75) is 0 Å². The average Bonchev–Trinajstić information content (AvgIpc) is 0.918. The molecule has 21 valence electrons. The first-order valence-corrected chi connectivity index (χ1v) is 1.06. The molecule has 0 rings (SSSR count). The van der Waals surface area contributed by atoms with Crippen LogP contribution in [0.2, 0.25) is 0 Å². The zero-order chi connectivity index (χ0) is 2.71. The standard InChI is InChI=1S/C2H3Cl.B/c1-2-3;/h2H,1H2;. The van der Waals surface area contributed by atoms with Crippen LogP contribution in [-0.2, 0) is 0 Å². The van der Waals surface area contributed by atoms with Crippen molar-refractivity contribution in [1.82, 2.24) is 0 Å². The molecule has 0 bridgehead atoms. The normalized spacial score (nSPS) is 3.25. The summed E-state index contributed by atoms with van der Waals surface area (Å²) in [6.45, 7) is 3.13.